The van der Waals surface area contributed by atoms with Crippen LogP contribution in [0.3, 0.4) is 0 Å². The fraction of sp³-hybridized carbons (Fsp3) is 0.125. The molecule has 26 heavy (non-hydrogen) atoms. The standard InChI is InChI=1S/C16H13ClN6O3/c1-10(15(24)20-14-7-4-12(17)8-18-14)26-16(25)11-2-5-13(6-3-11)23-9-19-21-22-23/h2-10H,1H3,(H,18,20,24)/t10-/m0/s1. The first-order valence-electron chi connectivity index (χ1n) is 7.50. The second kappa shape index (κ2) is 7.70. The molecule has 3 rings (SSSR count). The number of benzene rings is 1. The lowest BCUT2D eigenvalue weighted by molar-refractivity contribution is -0.123. The number of nitrogens with zero attached hydrogens (tertiary/aromatic N) is 5. The Morgan fingerprint density at radius 1 is 1.19 bits per heavy atom. The summed E-state index contributed by atoms with van der Waals surface area (Å²) in [5.74, 6) is -0.813. The SMILES string of the molecule is C[C@H](OC(=O)c1ccc(-n2cnnn2)cc1)C(=O)Nc1ccc(Cl)cn1. The highest BCUT2D eigenvalue weighted by Gasteiger charge is 2.19. The zero-order valence-corrected chi connectivity index (χ0v) is 14.3. The van der Waals surface area contributed by atoms with Crippen LogP contribution in [0.4, 0.5) is 5.82 Å². The smallest absolute Gasteiger partial charge is 0.338 e. The lowest BCUT2D eigenvalue weighted by Gasteiger charge is -2.13. The monoisotopic (exact) mass is 372 g/mol. The average Bonchev–Trinajstić information content (AvgIpc) is 3.18. The van der Waals surface area contributed by atoms with E-state index in [4.69, 9.17) is 16.3 Å². The molecule has 9 nitrogen and oxygen atoms in total. The molecule has 0 bridgehead atoms. The molecule has 0 aliphatic rings. The number of rotatable bonds is 5. The maximum absolute atomic E-state index is 12.2. The minimum atomic E-state index is -1.00. The van der Waals surface area contributed by atoms with Gasteiger partial charge in [0.15, 0.2) is 6.10 Å². The van der Waals surface area contributed by atoms with Gasteiger partial charge in [0.25, 0.3) is 5.91 Å². The van der Waals surface area contributed by atoms with Crippen molar-refractivity contribution in [3.05, 3.63) is 59.5 Å². The number of carbonyl (C=O) groups is 2. The molecule has 2 heterocycles. The molecule has 0 saturated heterocycles. The fourth-order valence-electron chi connectivity index (χ4n) is 1.99. The summed E-state index contributed by atoms with van der Waals surface area (Å²) in [7, 11) is 0. The summed E-state index contributed by atoms with van der Waals surface area (Å²) in [4.78, 5) is 28.2. The predicted octanol–water partition coefficient (Wildman–Crippen LogP) is 1.89. The van der Waals surface area contributed by atoms with Gasteiger partial charge >= 0.3 is 5.97 Å². The van der Waals surface area contributed by atoms with E-state index in [0.717, 1.165) is 0 Å². The second-order valence-corrected chi connectivity index (χ2v) is 5.64. The molecule has 0 aliphatic carbocycles. The van der Waals surface area contributed by atoms with Gasteiger partial charge in [0, 0.05) is 6.20 Å². The van der Waals surface area contributed by atoms with Crippen LogP contribution in [-0.2, 0) is 9.53 Å². The molecule has 10 heteroatoms. The molecule has 2 aromatic heterocycles. The minimum Gasteiger partial charge on any atom is -0.449 e. The van der Waals surface area contributed by atoms with Crippen molar-refractivity contribution in [3.63, 3.8) is 0 Å². The van der Waals surface area contributed by atoms with Gasteiger partial charge in [-0.25, -0.2) is 14.5 Å². The average molecular weight is 373 g/mol. The normalized spacial score (nSPS) is 11.6. The summed E-state index contributed by atoms with van der Waals surface area (Å²) < 4.78 is 6.62. The van der Waals surface area contributed by atoms with Gasteiger partial charge in [-0.15, -0.1) is 5.10 Å². The number of hydrogen-bond acceptors (Lipinski definition) is 7. The fourth-order valence-corrected chi connectivity index (χ4v) is 2.10. The number of amides is 1. The Morgan fingerprint density at radius 3 is 2.58 bits per heavy atom. The van der Waals surface area contributed by atoms with Crippen LogP contribution in [0, 0.1) is 0 Å². The number of ether oxygens (including phenoxy) is 1. The van der Waals surface area contributed by atoms with Crippen LogP contribution < -0.4 is 5.32 Å². The van der Waals surface area contributed by atoms with Gasteiger partial charge in [-0.05, 0) is 53.7 Å². The number of carbonyl (C=O) groups excluding carboxylic acids is 2. The van der Waals surface area contributed by atoms with Gasteiger partial charge in [-0.2, -0.15) is 0 Å². The van der Waals surface area contributed by atoms with Crippen LogP contribution in [0.15, 0.2) is 48.9 Å². The van der Waals surface area contributed by atoms with Crippen LogP contribution in [0.25, 0.3) is 5.69 Å². The van der Waals surface area contributed by atoms with Crippen molar-refractivity contribution in [1.29, 1.82) is 0 Å². The summed E-state index contributed by atoms with van der Waals surface area (Å²) in [6.45, 7) is 1.47. The molecule has 1 N–H and O–H groups in total. The van der Waals surface area contributed by atoms with E-state index in [-0.39, 0.29) is 0 Å². The molecule has 1 aromatic carbocycles. The number of esters is 1. The van der Waals surface area contributed by atoms with Crippen molar-refractivity contribution in [3.8, 4) is 5.69 Å². The summed E-state index contributed by atoms with van der Waals surface area (Å²) >= 11 is 5.73. The molecule has 0 aliphatic heterocycles. The van der Waals surface area contributed by atoms with Crippen molar-refractivity contribution in [1.82, 2.24) is 25.2 Å². The van der Waals surface area contributed by atoms with Crippen molar-refractivity contribution in [2.75, 3.05) is 5.32 Å². The van der Waals surface area contributed by atoms with Crippen molar-refractivity contribution in [2.24, 2.45) is 0 Å². The van der Waals surface area contributed by atoms with Gasteiger partial charge in [0.2, 0.25) is 0 Å². The molecule has 3 aromatic rings. The van der Waals surface area contributed by atoms with E-state index in [9.17, 15) is 9.59 Å². The van der Waals surface area contributed by atoms with Crippen LogP contribution >= 0.6 is 11.6 Å². The zero-order chi connectivity index (χ0) is 18.5. The Bertz CT molecular complexity index is 897. The summed E-state index contributed by atoms with van der Waals surface area (Å²) in [5.41, 5.74) is 0.984. The zero-order valence-electron chi connectivity index (χ0n) is 13.5. The molecular formula is C16H13ClN6O3. The van der Waals surface area contributed by atoms with Crippen LogP contribution in [-0.4, -0.2) is 43.2 Å². The molecule has 0 unspecified atom stereocenters. The number of hydrogen-bond donors (Lipinski definition) is 1. The Morgan fingerprint density at radius 2 is 1.96 bits per heavy atom. The topological polar surface area (TPSA) is 112 Å². The Hall–Kier alpha value is -3.33. The number of anilines is 1. The summed E-state index contributed by atoms with van der Waals surface area (Å²) in [6.07, 6.45) is 1.84. The maximum Gasteiger partial charge on any atom is 0.338 e. The lowest BCUT2D eigenvalue weighted by Crippen LogP contribution is -2.30. The highest BCUT2D eigenvalue weighted by Crippen LogP contribution is 2.12. The van der Waals surface area contributed by atoms with Crippen molar-refractivity contribution < 1.29 is 14.3 Å². The highest BCUT2D eigenvalue weighted by atomic mass is 35.5. The van der Waals surface area contributed by atoms with E-state index in [0.29, 0.717) is 22.1 Å². The van der Waals surface area contributed by atoms with E-state index < -0.39 is 18.0 Å². The van der Waals surface area contributed by atoms with E-state index >= 15 is 0 Å². The van der Waals surface area contributed by atoms with Gasteiger partial charge in [0.1, 0.15) is 12.1 Å². The van der Waals surface area contributed by atoms with E-state index in [1.165, 1.54) is 24.1 Å². The van der Waals surface area contributed by atoms with E-state index in [2.05, 4.69) is 25.8 Å². The van der Waals surface area contributed by atoms with Crippen molar-refractivity contribution >= 4 is 29.3 Å². The Balaban J connectivity index is 1.59. The summed E-state index contributed by atoms with van der Waals surface area (Å²) in [6, 6.07) is 9.58. The first-order chi connectivity index (χ1) is 12.5. The molecule has 0 radical (unpaired) electrons. The Labute approximate surface area is 152 Å². The second-order valence-electron chi connectivity index (χ2n) is 5.20. The first kappa shape index (κ1) is 17.5. The quantitative estimate of drug-likeness (QED) is 0.680. The number of nitrogens with one attached hydrogen (secondary N) is 1. The largest absolute Gasteiger partial charge is 0.449 e. The van der Waals surface area contributed by atoms with E-state index in [1.54, 1.807) is 36.4 Å². The highest BCUT2D eigenvalue weighted by molar-refractivity contribution is 6.30. The molecule has 1 atom stereocenters. The first-order valence-corrected chi connectivity index (χ1v) is 7.87. The maximum atomic E-state index is 12.2. The molecule has 0 saturated carbocycles. The molecular weight excluding hydrogens is 360 g/mol. The van der Waals surface area contributed by atoms with Crippen molar-refractivity contribution in [2.45, 2.75) is 13.0 Å². The lowest BCUT2D eigenvalue weighted by atomic mass is 10.2. The van der Waals surface area contributed by atoms with Crippen LogP contribution in [0.1, 0.15) is 17.3 Å². The third-order valence-corrected chi connectivity index (χ3v) is 3.57. The third kappa shape index (κ3) is 4.19. The van der Waals surface area contributed by atoms with Gasteiger partial charge in [-0.1, -0.05) is 11.6 Å². The van der Waals surface area contributed by atoms with Gasteiger partial charge in [0.05, 0.1) is 16.3 Å². The number of tetrazole rings is 1. The van der Waals surface area contributed by atoms with Gasteiger partial charge < -0.3 is 10.1 Å². The molecule has 132 valence electrons. The molecule has 1 amide bonds. The third-order valence-electron chi connectivity index (χ3n) is 3.35. The Kier molecular flexibility index (Phi) is 5.18. The minimum absolute atomic E-state index is 0.297. The van der Waals surface area contributed by atoms with Crippen LogP contribution in [0.5, 0.6) is 0 Å². The van der Waals surface area contributed by atoms with Crippen LogP contribution in [0.2, 0.25) is 5.02 Å². The predicted molar refractivity (Wildman–Crippen MR) is 91.9 cm³/mol. The number of halogens is 1. The van der Waals surface area contributed by atoms with Gasteiger partial charge in [-0.3, -0.25) is 4.79 Å². The van der Waals surface area contributed by atoms with E-state index in [1.807, 2.05) is 0 Å². The number of aromatic nitrogens is 5. The number of pyridine rings is 1. The molecule has 0 spiro atoms. The molecule has 0 fully saturated rings. The summed E-state index contributed by atoms with van der Waals surface area (Å²) in [5, 5.41) is 13.8.